The third-order valence-corrected chi connectivity index (χ3v) is 0.667. The Morgan fingerprint density at radius 1 is 1.00 bits per heavy atom. The summed E-state index contributed by atoms with van der Waals surface area (Å²) >= 11 is 0. The van der Waals surface area contributed by atoms with Gasteiger partial charge in [0.2, 0.25) is 0 Å². The van der Waals surface area contributed by atoms with Crippen LogP contribution in [0.15, 0.2) is 30.1 Å². The Balaban J connectivity index is -0.000000120. The third-order valence-electron chi connectivity index (χ3n) is 0.667. The van der Waals surface area contributed by atoms with Gasteiger partial charge >= 0.3 is 74.8 Å². The van der Waals surface area contributed by atoms with Crippen molar-refractivity contribution in [1.82, 2.24) is 0 Å². The van der Waals surface area contributed by atoms with Gasteiger partial charge in [0.05, 0.1) is 0 Å². The van der Waals surface area contributed by atoms with Crippen LogP contribution in [-0.4, -0.2) is 44.6 Å². The van der Waals surface area contributed by atoms with Crippen LogP contribution in [0.2, 0.25) is 0 Å². The van der Waals surface area contributed by atoms with Crippen molar-refractivity contribution in [2.45, 2.75) is 0 Å². The van der Waals surface area contributed by atoms with Crippen LogP contribution in [-0.2, 0) is 0 Å². The van der Waals surface area contributed by atoms with Crippen molar-refractivity contribution in [3.05, 3.63) is 30.1 Å². The predicted octanol–water partition coefficient (Wildman–Crippen LogP) is 0.869. The molecule has 0 aliphatic rings. The molecule has 0 nitrogen and oxygen atoms in total. The second-order valence-electron chi connectivity index (χ2n) is 1.15. The zero-order valence-electron chi connectivity index (χ0n) is 6.17. The molecule has 1 heterocycles. The molecule has 0 saturated carbocycles. The van der Waals surface area contributed by atoms with E-state index in [4.69, 9.17) is 0 Å². The van der Waals surface area contributed by atoms with E-state index < -0.39 is 0 Å². The first-order chi connectivity index (χ1) is 3.00. The molecule has 0 atom stereocenters. The first kappa shape index (κ1) is 7.67. The van der Waals surface area contributed by atoms with Gasteiger partial charge in [0.1, 0.15) is 0 Å². The molecule has 0 N–H and O–H groups in total. The summed E-state index contributed by atoms with van der Waals surface area (Å²) in [7, 11) is 0. The van der Waals surface area contributed by atoms with Crippen molar-refractivity contribution in [2.75, 3.05) is 0 Å². The summed E-state index contributed by atoms with van der Waals surface area (Å²) in [4.78, 5) is 0. The van der Waals surface area contributed by atoms with Crippen LogP contribution < -0.4 is 0 Å². The zero-order valence-corrected chi connectivity index (χ0v) is 6.38. The summed E-state index contributed by atoms with van der Waals surface area (Å²) in [5, 5.41) is 0. The number of hydrogen-bond donors (Lipinski definition) is 0. The Kier molecular flexibility index (Phi) is 5.29. The van der Waals surface area contributed by atoms with E-state index in [1.54, 1.807) is 0 Å². The van der Waals surface area contributed by atoms with Crippen LogP contribution in [0.25, 0.3) is 0 Å². The Labute approximate surface area is 77.1 Å². The van der Waals surface area contributed by atoms with E-state index in [1.165, 1.54) is 0 Å². The van der Waals surface area contributed by atoms with E-state index in [0.29, 0.717) is 0 Å². The van der Waals surface area contributed by atoms with Crippen molar-refractivity contribution < 1.29 is 2.85 Å². The van der Waals surface area contributed by atoms with Crippen molar-refractivity contribution in [3.8, 4) is 0 Å². The maximum atomic E-state index is 2.00. The molecule has 0 aromatic carbocycles. The minimum absolute atomic E-state index is 0. The van der Waals surface area contributed by atoms with Crippen molar-refractivity contribution in [2.24, 2.45) is 0 Å². The summed E-state index contributed by atoms with van der Waals surface area (Å²) in [5.74, 6) is 4.00. The molecule has 0 amide bonds. The molecule has 0 bridgehead atoms. The molecule has 0 radical (unpaired) electrons. The van der Waals surface area contributed by atoms with Gasteiger partial charge in [0.25, 0.3) is 0 Å². The molecule has 32 valence electrons. The molecule has 1 aromatic rings. The average Bonchev–Trinajstić information content (AvgIpc) is 1.72. The van der Waals surface area contributed by atoms with Crippen molar-refractivity contribution >= 4 is 44.6 Å². The first-order valence-electron chi connectivity index (χ1n) is 2.00. The molecule has 2 heteroatoms. The van der Waals surface area contributed by atoms with E-state index in [1.807, 2.05) is 37.0 Å². The SMILES string of the molecule is [Ca+2].[H-].[H-].b1ccccc1. The average molecular weight is 118 g/mol. The van der Waals surface area contributed by atoms with Crippen LogP contribution in [0.5, 0.6) is 0 Å². The normalized spacial score (nSPS) is 6.29. The third kappa shape index (κ3) is 3.27. The zero-order chi connectivity index (χ0) is 4.24. The summed E-state index contributed by atoms with van der Waals surface area (Å²) in [5.41, 5.74) is 0. The number of rotatable bonds is 0. The van der Waals surface area contributed by atoms with Crippen molar-refractivity contribution in [1.29, 1.82) is 0 Å². The fourth-order valence-corrected chi connectivity index (χ4v) is 0.385. The molecule has 1 rings (SSSR count). The van der Waals surface area contributed by atoms with Gasteiger partial charge in [-0.1, -0.05) is 0 Å². The molecular formula is C5H7BCa. The van der Waals surface area contributed by atoms with Crippen LogP contribution in [0, 0.1) is 0 Å². The van der Waals surface area contributed by atoms with Gasteiger partial charge in [0.15, 0.2) is 0 Å². The van der Waals surface area contributed by atoms with Gasteiger partial charge in [-0.3, -0.25) is 0 Å². The topological polar surface area (TPSA) is 0 Å². The molecule has 1 aromatic heterocycles. The summed E-state index contributed by atoms with van der Waals surface area (Å²) < 4.78 is 0. The summed E-state index contributed by atoms with van der Waals surface area (Å²) in [6.45, 7) is 2.00. The van der Waals surface area contributed by atoms with E-state index >= 15 is 0 Å². The second-order valence-corrected chi connectivity index (χ2v) is 1.15. The standard InChI is InChI=1S/C5H5B.Ca.2H/c1-2-4-6-5-3-1;;;/h1-5H;;;/q;+2;2*-1. The van der Waals surface area contributed by atoms with Gasteiger partial charge < -0.3 is 2.85 Å². The fraction of sp³-hybridized carbons (Fsp3) is 0. The van der Waals surface area contributed by atoms with Gasteiger partial charge in [0, 0.05) is 0 Å². The van der Waals surface area contributed by atoms with Crippen LogP contribution >= 0.6 is 0 Å². The summed E-state index contributed by atoms with van der Waals surface area (Å²) in [6, 6.07) is 6.00. The molecule has 0 aliphatic carbocycles. The molecule has 7 heavy (non-hydrogen) atoms. The Bertz CT molecular complexity index is 86.9. The second kappa shape index (κ2) is 4.82. The summed E-state index contributed by atoms with van der Waals surface area (Å²) in [6.07, 6.45) is 0. The molecule has 0 aliphatic heterocycles. The minimum atomic E-state index is 0. The fourth-order valence-electron chi connectivity index (χ4n) is 0.385. The first-order valence-corrected chi connectivity index (χ1v) is 2.00. The molecule has 0 saturated heterocycles. The quantitative estimate of drug-likeness (QED) is 0.443. The van der Waals surface area contributed by atoms with E-state index in [2.05, 4.69) is 0 Å². The monoisotopic (exact) mass is 118 g/mol. The van der Waals surface area contributed by atoms with Crippen molar-refractivity contribution in [3.63, 3.8) is 0 Å². The molecular weight excluding hydrogens is 111 g/mol. The molecule has 0 spiro atoms. The Morgan fingerprint density at radius 2 is 1.57 bits per heavy atom. The number of hydrogen-bond acceptors (Lipinski definition) is 0. The van der Waals surface area contributed by atoms with Gasteiger partial charge in [-0.2, -0.15) is 0 Å². The molecule has 0 fully saturated rings. The Morgan fingerprint density at radius 3 is 1.71 bits per heavy atom. The van der Waals surface area contributed by atoms with E-state index in [-0.39, 0.29) is 40.6 Å². The van der Waals surface area contributed by atoms with E-state index in [9.17, 15) is 0 Å². The van der Waals surface area contributed by atoms with Gasteiger partial charge in [-0.25, -0.2) is 0 Å². The van der Waals surface area contributed by atoms with E-state index in [0.717, 1.165) is 0 Å². The van der Waals surface area contributed by atoms with Crippen LogP contribution in [0.1, 0.15) is 2.85 Å². The predicted molar refractivity (Wildman–Crippen MR) is 35.8 cm³/mol. The van der Waals surface area contributed by atoms with Gasteiger partial charge in [-0.05, 0) is 0 Å². The van der Waals surface area contributed by atoms with Crippen LogP contribution in [0.4, 0.5) is 0 Å². The van der Waals surface area contributed by atoms with Crippen LogP contribution in [0.3, 0.4) is 0 Å². The maximum absolute atomic E-state index is 2.00. The molecule has 0 unspecified atom stereocenters. The van der Waals surface area contributed by atoms with Gasteiger partial charge in [-0.15, -0.1) is 0 Å². The Hall–Kier alpha value is 0.675.